The maximum Gasteiger partial charge on any atom is 0.223 e. The number of carbonyl (C=O) groups excluding carboxylic acids is 2. The van der Waals surface area contributed by atoms with Crippen LogP contribution in [0.4, 0.5) is 4.39 Å². The Bertz CT molecular complexity index is 731. The summed E-state index contributed by atoms with van der Waals surface area (Å²) in [5, 5.41) is 10.2. The number of piperidine rings is 1. The zero-order valence-electron chi connectivity index (χ0n) is 20.5. The lowest BCUT2D eigenvalue weighted by Gasteiger charge is -2.39. The van der Waals surface area contributed by atoms with Crippen molar-refractivity contribution >= 4 is 23.4 Å². The average molecular weight is 496 g/mol. The SMILES string of the molecule is O=C(NCC1CCC(Cl)CC1)C1CCC(C2CC2C(=O)NC2CCC3CNCCC3C2)C(F)C1. The van der Waals surface area contributed by atoms with Crippen LogP contribution in [0.3, 0.4) is 0 Å². The number of nitrogens with one attached hydrogen (secondary N) is 3. The number of halogens is 2. The molecule has 8 atom stereocenters. The van der Waals surface area contributed by atoms with Crippen LogP contribution in [0, 0.1) is 41.4 Å². The normalized spacial score (nSPS) is 44.5. The number of rotatable bonds is 6. The molecule has 0 aromatic carbocycles. The van der Waals surface area contributed by atoms with Crippen molar-refractivity contribution in [1.82, 2.24) is 16.0 Å². The molecule has 8 unspecified atom stereocenters. The van der Waals surface area contributed by atoms with Crippen LogP contribution in [0.5, 0.6) is 0 Å². The van der Waals surface area contributed by atoms with E-state index in [1.54, 1.807) is 0 Å². The predicted molar refractivity (Wildman–Crippen MR) is 132 cm³/mol. The van der Waals surface area contributed by atoms with Gasteiger partial charge in [0.15, 0.2) is 0 Å². The second-order valence-corrected chi connectivity index (χ2v) is 12.7. The summed E-state index contributed by atoms with van der Waals surface area (Å²) in [6, 6.07) is 0.299. The number of hydrogen-bond donors (Lipinski definition) is 3. The second kappa shape index (κ2) is 11.0. The average Bonchev–Trinajstić information content (AvgIpc) is 3.64. The van der Waals surface area contributed by atoms with Crippen molar-refractivity contribution in [3.8, 4) is 0 Å². The van der Waals surface area contributed by atoms with Gasteiger partial charge < -0.3 is 16.0 Å². The minimum atomic E-state index is -0.968. The Morgan fingerprint density at radius 3 is 2.47 bits per heavy atom. The van der Waals surface area contributed by atoms with Crippen LogP contribution >= 0.6 is 11.6 Å². The molecule has 3 N–H and O–H groups in total. The Morgan fingerprint density at radius 2 is 1.68 bits per heavy atom. The summed E-state index contributed by atoms with van der Waals surface area (Å²) in [4.78, 5) is 25.6. The molecule has 0 aromatic rings. The Kier molecular flexibility index (Phi) is 8.04. The molecular weight excluding hydrogens is 453 g/mol. The van der Waals surface area contributed by atoms with Crippen molar-refractivity contribution in [2.45, 2.75) is 94.6 Å². The molecule has 5 nitrogen and oxygen atoms in total. The van der Waals surface area contributed by atoms with E-state index in [2.05, 4.69) is 16.0 Å². The molecule has 1 aliphatic heterocycles. The molecule has 5 fully saturated rings. The number of alkyl halides is 2. The minimum Gasteiger partial charge on any atom is -0.356 e. The van der Waals surface area contributed by atoms with Gasteiger partial charge in [0.05, 0.1) is 0 Å². The van der Waals surface area contributed by atoms with Crippen molar-refractivity contribution < 1.29 is 14.0 Å². The third-order valence-electron chi connectivity index (χ3n) is 9.85. The molecule has 1 heterocycles. The Labute approximate surface area is 209 Å². The van der Waals surface area contributed by atoms with E-state index < -0.39 is 6.17 Å². The highest BCUT2D eigenvalue weighted by molar-refractivity contribution is 6.20. The third kappa shape index (κ3) is 5.91. The van der Waals surface area contributed by atoms with Gasteiger partial charge in [0.25, 0.3) is 0 Å². The van der Waals surface area contributed by atoms with Gasteiger partial charge in [-0.2, -0.15) is 0 Å². The monoisotopic (exact) mass is 495 g/mol. The van der Waals surface area contributed by atoms with E-state index in [0.717, 1.165) is 82.7 Å². The quantitative estimate of drug-likeness (QED) is 0.484. The van der Waals surface area contributed by atoms with Crippen molar-refractivity contribution in [3.63, 3.8) is 0 Å². The van der Waals surface area contributed by atoms with Gasteiger partial charge in [0.1, 0.15) is 6.17 Å². The molecule has 0 radical (unpaired) electrons. The summed E-state index contributed by atoms with van der Waals surface area (Å²) in [5.41, 5.74) is 0. The predicted octanol–water partition coefficient (Wildman–Crippen LogP) is 4.19. The van der Waals surface area contributed by atoms with Gasteiger partial charge in [-0.15, -0.1) is 11.6 Å². The molecule has 2 amide bonds. The van der Waals surface area contributed by atoms with Crippen LogP contribution in [0.25, 0.3) is 0 Å². The molecule has 7 heteroatoms. The number of fused-ring (bicyclic) bond motifs is 1. The Morgan fingerprint density at radius 1 is 0.853 bits per heavy atom. The maximum absolute atomic E-state index is 15.1. The van der Waals surface area contributed by atoms with Crippen LogP contribution in [-0.4, -0.2) is 49.0 Å². The third-order valence-corrected chi connectivity index (χ3v) is 10.3. The van der Waals surface area contributed by atoms with Crippen molar-refractivity contribution in [2.24, 2.45) is 41.4 Å². The molecule has 0 spiro atoms. The molecule has 34 heavy (non-hydrogen) atoms. The van der Waals surface area contributed by atoms with Crippen LogP contribution < -0.4 is 16.0 Å². The lowest BCUT2D eigenvalue weighted by Crippen LogP contribution is -2.46. The largest absolute Gasteiger partial charge is 0.356 e. The summed E-state index contributed by atoms with van der Waals surface area (Å²) < 4.78 is 15.1. The van der Waals surface area contributed by atoms with E-state index in [-0.39, 0.29) is 40.9 Å². The fourth-order valence-electron chi connectivity index (χ4n) is 7.53. The summed E-state index contributed by atoms with van der Waals surface area (Å²) in [5.74, 6) is 2.07. The van der Waals surface area contributed by atoms with Crippen LogP contribution in [0.15, 0.2) is 0 Å². The van der Waals surface area contributed by atoms with Crippen molar-refractivity contribution in [3.05, 3.63) is 0 Å². The van der Waals surface area contributed by atoms with Gasteiger partial charge in [-0.05, 0) is 120 Å². The van der Waals surface area contributed by atoms with Crippen LogP contribution in [0.1, 0.15) is 77.0 Å². The van der Waals surface area contributed by atoms with Gasteiger partial charge in [0.2, 0.25) is 11.8 Å². The fourth-order valence-corrected chi connectivity index (χ4v) is 7.78. The van der Waals surface area contributed by atoms with Gasteiger partial charge in [-0.25, -0.2) is 4.39 Å². The first-order valence-electron chi connectivity index (χ1n) is 14.0. The molecule has 4 saturated carbocycles. The second-order valence-electron chi connectivity index (χ2n) is 12.1. The highest BCUT2D eigenvalue weighted by atomic mass is 35.5. The van der Waals surface area contributed by atoms with Crippen molar-refractivity contribution in [2.75, 3.05) is 19.6 Å². The van der Waals surface area contributed by atoms with E-state index in [1.165, 1.54) is 12.8 Å². The number of amides is 2. The van der Waals surface area contributed by atoms with Gasteiger partial charge in [-0.3, -0.25) is 9.59 Å². The van der Waals surface area contributed by atoms with Crippen LogP contribution in [0.2, 0.25) is 0 Å². The highest BCUT2D eigenvalue weighted by Crippen LogP contribution is 2.51. The fraction of sp³-hybridized carbons (Fsp3) is 0.926. The molecule has 5 aliphatic rings. The molecule has 5 rings (SSSR count). The topological polar surface area (TPSA) is 70.2 Å². The summed E-state index contributed by atoms with van der Waals surface area (Å²) in [6.07, 6.45) is 10.4. The molecule has 1 saturated heterocycles. The zero-order chi connectivity index (χ0) is 23.7. The molecule has 4 aliphatic carbocycles. The first kappa shape index (κ1) is 24.8. The minimum absolute atomic E-state index is 0.0172. The van der Waals surface area contributed by atoms with Crippen molar-refractivity contribution in [1.29, 1.82) is 0 Å². The van der Waals surface area contributed by atoms with Crippen LogP contribution in [-0.2, 0) is 9.59 Å². The van der Waals surface area contributed by atoms with E-state index >= 15 is 4.39 Å². The maximum atomic E-state index is 15.1. The first-order chi connectivity index (χ1) is 16.5. The Balaban J connectivity index is 1.02. The zero-order valence-corrected chi connectivity index (χ0v) is 21.2. The van der Waals surface area contributed by atoms with Gasteiger partial charge in [-0.1, -0.05) is 0 Å². The first-order valence-corrected chi connectivity index (χ1v) is 14.5. The molecule has 0 aromatic heterocycles. The lowest BCUT2D eigenvalue weighted by atomic mass is 9.73. The smallest absolute Gasteiger partial charge is 0.223 e. The highest BCUT2D eigenvalue weighted by Gasteiger charge is 2.52. The van der Waals surface area contributed by atoms with E-state index in [4.69, 9.17) is 11.6 Å². The summed E-state index contributed by atoms with van der Waals surface area (Å²) in [6.45, 7) is 2.92. The van der Waals surface area contributed by atoms with Gasteiger partial charge in [0, 0.05) is 29.8 Å². The van der Waals surface area contributed by atoms with Gasteiger partial charge >= 0.3 is 0 Å². The molecular formula is C27H43ClFN3O2. The molecule has 192 valence electrons. The molecule has 0 bridgehead atoms. The van der Waals surface area contributed by atoms with E-state index in [9.17, 15) is 9.59 Å². The summed E-state index contributed by atoms with van der Waals surface area (Å²) in [7, 11) is 0. The number of hydrogen-bond acceptors (Lipinski definition) is 3. The Hall–Kier alpha value is -0.880. The summed E-state index contributed by atoms with van der Waals surface area (Å²) >= 11 is 6.17. The lowest BCUT2D eigenvalue weighted by molar-refractivity contribution is -0.128. The number of carbonyl (C=O) groups is 2. The van der Waals surface area contributed by atoms with E-state index in [1.807, 2.05) is 0 Å². The van der Waals surface area contributed by atoms with E-state index in [0.29, 0.717) is 24.9 Å². The standard InChI is InChI=1S/C27H43ClFN3O2/c28-20-5-1-16(2-6-20)14-31-26(33)18-4-8-22(25(29)12-18)23-13-24(23)27(34)32-21-7-3-19-15-30-10-9-17(19)11-21/h16-25,30H,1-15H2,(H,31,33)(H,32,34).